The molecule has 2 saturated heterocycles. The lowest BCUT2D eigenvalue weighted by Gasteiger charge is -2.23. The SMILES string of the molecule is O=[N+]([O-])c1ccccc1C(OC(c1ccccc1[N+](=O)[O-])C1CO1)C1CO1. The summed E-state index contributed by atoms with van der Waals surface area (Å²) in [4.78, 5) is 21.9. The fraction of sp³-hybridized carbons (Fsp3) is 0.333. The van der Waals surface area contributed by atoms with Crippen LogP contribution in [-0.4, -0.2) is 35.3 Å². The molecule has 2 aliphatic rings. The molecule has 0 spiro atoms. The van der Waals surface area contributed by atoms with Crippen LogP contribution in [0.1, 0.15) is 23.3 Å². The van der Waals surface area contributed by atoms with E-state index in [2.05, 4.69) is 0 Å². The van der Waals surface area contributed by atoms with E-state index in [0.29, 0.717) is 24.3 Å². The van der Waals surface area contributed by atoms with Gasteiger partial charge < -0.3 is 14.2 Å². The van der Waals surface area contributed by atoms with Gasteiger partial charge in [-0.05, 0) is 12.1 Å². The number of nitro groups is 2. The molecule has 0 aromatic heterocycles. The molecule has 0 saturated carbocycles. The topological polar surface area (TPSA) is 121 Å². The highest BCUT2D eigenvalue weighted by Crippen LogP contribution is 2.44. The van der Waals surface area contributed by atoms with E-state index < -0.39 is 22.1 Å². The number of ether oxygens (including phenoxy) is 3. The number of hydrogen-bond donors (Lipinski definition) is 0. The van der Waals surface area contributed by atoms with Crippen LogP contribution in [0.25, 0.3) is 0 Å². The molecule has 4 rings (SSSR count). The van der Waals surface area contributed by atoms with Crippen LogP contribution in [0, 0.1) is 20.2 Å². The maximum absolute atomic E-state index is 11.4. The molecule has 4 atom stereocenters. The van der Waals surface area contributed by atoms with Gasteiger partial charge in [-0.1, -0.05) is 24.3 Å². The molecule has 4 unspecified atom stereocenters. The third-order valence-corrected chi connectivity index (χ3v) is 4.57. The van der Waals surface area contributed by atoms with Crippen LogP contribution >= 0.6 is 0 Å². The molecule has 0 amide bonds. The van der Waals surface area contributed by atoms with Crippen molar-refractivity contribution in [3.05, 3.63) is 79.9 Å². The second kappa shape index (κ2) is 7.03. The number of para-hydroxylation sites is 2. The van der Waals surface area contributed by atoms with Crippen LogP contribution in [0.4, 0.5) is 11.4 Å². The number of nitrogens with zero attached hydrogens (tertiary/aromatic N) is 2. The average Bonchev–Trinajstić information content (AvgIpc) is 3.55. The second-order valence-corrected chi connectivity index (χ2v) is 6.35. The smallest absolute Gasteiger partial charge is 0.275 e. The van der Waals surface area contributed by atoms with Crippen LogP contribution < -0.4 is 0 Å². The molecule has 0 bridgehead atoms. The van der Waals surface area contributed by atoms with Crippen molar-refractivity contribution in [2.75, 3.05) is 13.2 Å². The quantitative estimate of drug-likeness (QED) is 0.396. The monoisotopic (exact) mass is 372 g/mol. The van der Waals surface area contributed by atoms with Crippen LogP contribution in [0.2, 0.25) is 0 Å². The first-order valence-electron chi connectivity index (χ1n) is 8.41. The van der Waals surface area contributed by atoms with Gasteiger partial charge in [0.05, 0.1) is 34.2 Å². The summed E-state index contributed by atoms with van der Waals surface area (Å²) < 4.78 is 16.9. The Morgan fingerprint density at radius 3 is 1.52 bits per heavy atom. The minimum atomic E-state index is -0.722. The first kappa shape index (κ1) is 17.5. The van der Waals surface area contributed by atoms with Gasteiger partial charge in [0.15, 0.2) is 0 Å². The summed E-state index contributed by atoms with van der Waals surface area (Å²) in [5, 5.41) is 22.8. The fourth-order valence-corrected chi connectivity index (χ4v) is 3.13. The molecule has 0 N–H and O–H groups in total. The third kappa shape index (κ3) is 3.65. The maximum atomic E-state index is 11.4. The molecular formula is C18H16N2O7. The van der Waals surface area contributed by atoms with Gasteiger partial charge in [-0.15, -0.1) is 0 Å². The average molecular weight is 372 g/mol. The second-order valence-electron chi connectivity index (χ2n) is 6.35. The van der Waals surface area contributed by atoms with Gasteiger partial charge in [-0.25, -0.2) is 0 Å². The van der Waals surface area contributed by atoms with Crippen molar-refractivity contribution >= 4 is 11.4 Å². The molecular weight excluding hydrogens is 356 g/mol. The highest BCUT2D eigenvalue weighted by atomic mass is 16.6. The highest BCUT2D eigenvalue weighted by molar-refractivity contribution is 5.44. The normalized spacial score (nSPS) is 22.7. The lowest BCUT2D eigenvalue weighted by Crippen LogP contribution is -2.20. The third-order valence-electron chi connectivity index (χ3n) is 4.57. The molecule has 0 radical (unpaired) electrons. The van der Waals surface area contributed by atoms with Crippen molar-refractivity contribution in [3.63, 3.8) is 0 Å². The molecule has 140 valence electrons. The number of rotatable bonds is 8. The Morgan fingerprint density at radius 2 is 1.19 bits per heavy atom. The molecule has 0 aliphatic carbocycles. The van der Waals surface area contributed by atoms with E-state index in [0.717, 1.165) is 0 Å². The Labute approximate surface area is 153 Å². The zero-order valence-electron chi connectivity index (χ0n) is 14.1. The van der Waals surface area contributed by atoms with Gasteiger partial charge in [-0.3, -0.25) is 20.2 Å². The predicted molar refractivity (Wildman–Crippen MR) is 92.2 cm³/mol. The van der Waals surface area contributed by atoms with E-state index in [4.69, 9.17) is 14.2 Å². The standard InChI is InChI=1S/C18H16N2O7/c21-19(22)13-7-3-1-5-11(13)17(15-9-25-15)27-18(16-10-26-16)12-6-2-4-8-14(12)20(23)24/h1-8,15-18H,9-10H2. The number of epoxide rings is 2. The molecule has 27 heavy (non-hydrogen) atoms. The van der Waals surface area contributed by atoms with Crippen molar-refractivity contribution in [2.45, 2.75) is 24.4 Å². The van der Waals surface area contributed by atoms with E-state index in [9.17, 15) is 20.2 Å². The van der Waals surface area contributed by atoms with Crippen LogP contribution in [0.15, 0.2) is 48.5 Å². The van der Waals surface area contributed by atoms with E-state index in [1.54, 1.807) is 36.4 Å². The number of hydrogen-bond acceptors (Lipinski definition) is 7. The van der Waals surface area contributed by atoms with Crippen molar-refractivity contribution in [2.24, 2.45) is 0 Å². The largest absolute Gasteiger partial charge is 0.370 e. The Bertz CT molecular complexity index is 808. The van der Waals surface area contributed by atoms with Gasteiger partial charge >= 0.3 is 0 Å². The van der Waals surface area contributed by atoms with Crippen LogP contribution in [0.5, 0.6) is 0 Å². The van der Waals surface area contributed by atoms with Crippen molar-refractivity contribution in [3.8, 4) is 0 Å². The molecule has 2 fully saturated rings. The van der Waals surface area contributed by atoms with Crippen molar-refractivity contribution < 1.29 is 24.1 Å². The zero-order chi connectivity index (χ0) is 19.0. The van der Waals surface area contributed by atoms with Gasteiger partial charge in [-0.2, -0.15) is 0 Å². The van der Waals surface area contributed by atoms with Crippen LogP contribution in [-0.2, 0) is 14.2 Å². The highest BCUT2D eigenvalue weighted by Gasteiger charge is 2.45. The van der Waals surface area contributed by atoms with E-state index >= 15 is 0 Å². The van der Waals surface area contributed by atoms with Crippen LogP contribution in [0.3, 0.4) is 0 Å². The molecule has 2 heterocycles. The van der Waals surface area contributed by atoms with Gasteiger partial charge in [0.25, 0.3) is 11.4 Å². The summed E-state index contributed by atoms with van der Waals surface area (Å²) in [6, 6.07) is 12.6. The van der Waals surface area contributed by atoms with Gasteiger partial charge in [0, 0.05) is 12.1 Å². The van der Waals surface area contributed by atoms with Crippen molar-refractivity contribution in [1.29, 1.82) is 0 Å². The number of nitro benzene ring substituents is 2. The van der Waals surface area contributed by atoms with Gasteiger partial charge in [0.1, 0.15) is 24.4 Å². The Kier molecular flexibility index (Phi) is 4.56. The number of benzene rings is 2. The maximum Gasteiger partial charge on any atom is 0.275 e. The van der Waals surface area contributed by atoms with Gasteiger partial charge in [0.2, 0.25) is 0 Å². The summed E-state index contributed by atoms with van der Waals surface area (Å²) in [5.74, 6) is 0. The molecule has 2 aromatic carbocycles. The van der Waals surface area contributed by atoms with E-state index in [1.165, 1.54) is 12.1 Å². The Morgan fingerprint density at radius 1 is 0.815 bits per heavy atom. The molecule has 2 aliphatic heterocycles. The first-order valence-corrected chi connectivity index (χ1v) is 8.41. The Balaban J connectivity index is 1.71. The minimum Gasteiger partial charge on any atom is -0.370 e. The molecule has 9 nitrogen and oxygen atoms in total. The Hall–Kier alpha value is -2.88. The summed E-state index contributed by atoms with van der Waals surface area (Å²) in [5.41, 5.74) is 0.621. The molecule has 9 heteroatoms. The zero-order valence-corrected chi connectivity index (χ0v) is 14.1. The van der Waals surface area contributed by atoms with E-state index in [-0.39, 0.29) is 23.6 Å². The summed E-state index contributed by atoms with van der Waals surface area (Å²) in [6.07, 6.45) is -2.12. The summed E-state index contributed by atoms with van der Waals surface area (Å²) >= 11 is 0. The lowest BCUT2D eigenvalue weighted by molar-refractivity contribution is -0.387. The molecule has 2 aromatic rings. The lowest BCUT2D eigenvalue weighted by atomic mass is 10.0. The van der Waals surface area contributed by atoms with E-state index in [1.807, 2.05) is 0 Å². The van der Waals surface area contributed by atoms with Crippen molar-refractivity contribution in [1.82, 2.24) is 0 Å². The first-order chi connectivity index (χ1) is 13.1. The summed E-state index contributed by atoms with van der Waals surface area (Å²) in [6.45, 7) is 0.817. The summed E-state index contributed by atoms with van der Waals surface area (Å²) in [7, 11) is 0. The fourth-order valence-electron chi connectivity index (χ4n) is 3.13. The predicted octanol–water partition coefficient (Wildman–Crippen LogP) is 3.10. The minimum absolute atomic E-state index is 0.0731.